The summed E-state index contributed by atoms with van der Waals surface area (Å²) in [4.78, 5) is 19.7. The lowest BCUT2D eigenvalue weighted by Crippen LogP contribution is -2.22. The van der Waals surface area contributed by atoms with Crippen molar-refractivity contribution >= 4 is 11.7 Å². The second-order valence-electron chi connectivity index (χ2n) is 4.47. The maximum Gasteiger partial charge on any atom is 0.226 e. The molecule has 1 heterocycles. The molecule has 0 aliphatic rings. The summed E-state index contributed by atoms with van der Waals surface area (Å²) in [5, 5.41) is 11.6. The van der Waals surface area contributed by atoms with Crippen molar-refractivity contribution in [1.29, 1.82) is 5.26 Å². The van der Waals surface area contributed by atoms with Gasteiger partial charge in [-0.15, -0.1) is 0 Å². The lowest BCUT2D eigenvalue weighted by molar-refractivity contribution is -0.122. The molecule has 0 fully saturated rings. The molecule has 0 spiro atoms. The third kappa shape index (κ3) is 3.68. The van der Waals surface area contributed by atoms with Crippen LogP contribution in [0.2, 0.25) is 0 Å². The van der Waals surface area contributed by atoms with Gasteiger partial charge in [-0.25, -0.2) is 9.97 Å². The molecular formula is C12H14N4O. The number of carbonyl (C=O) groups is 1. The average Bonchev–Trinajstić information content (AvgIpc) is 2.30. The lowest BCUT2D eigenvalue weighted by atomic mass is 9.87. The smallest absolute Gasteiger partial charge is 0.226 e. The van der Waals surface area contributed by atoms with Crippen molar-refractivity contribution in [3.05, 3.63) is 30.2 Å². The van der Waals surface area contributed by atoms with Crippen LogP contribution in [-0.2, 0) is 4.79 Å². The highest BCUT2D eigenvalue weighted by molar-refractivity contribution is 6.02. The number of nitrogens with zero attached hydrogens (tertiary/aromatic N) is 3. The van der Waals surface area contributed by atoms with E-state index in [1.165, 1.54) is 6.20 Å². The van der Waals surface area contributed by atoms with Gasteiger partial charge in [-0.1, -0.05) is 20.8 Å². The monoisotopic (exact) mass is 230 g/mol. The van der Waals surface area contributed by atoms with Gasteiger partial charge in [0.25, 0.3) is 0 Å². The molecular weight excluding hydrogens is 216 g/mol. The molecule has 0 amide bonds. The van der Waals surface area contributed by atoms with Crippen LogP contribution in [-0.4, -0.2) is 15.8 Å². The Bertz CT molecular complexity index is 466. The molecule has 17 heavy (non-hydrogen) atoms. The summed E-state index contributed by atoms with van der Waals surface area (Å²) in [5.74, 6) is 0.130. The fraction of sp³-hybridized carbons (Fsp3) is 0.333. The van der Waals surface area contributed by atoms with Crippen molar-refractivity contribution in [1.82, 2.24) is 9.97 Å². The quantitative estimate of drug-likeness (QED) is 0.633. The summed E-state index contributed by atoms with van der Waals surface area (Å²) in [7, 11) is 0. The highest BCUT2D eigenvalue weighted by Crippen LogP contribution is 2.19. The van der Waals surface area contributed by atoms with Gasteiger partial charge in [0.1, 0.15) is 11.6 Å². The highest BCUT2D eigenvalue weighted by Gasteiger charge is 2.24. The van der Waals surface area contributed by atoms with Crippen LogP contribution in [0, 0.1) is 16.7 Å². The van der Waals surface area contributed by atoms with E-state index in [-0.39, 0.29) is 11.4 Å². The molecule has 0 atom stereocenters. The van der Waals surface area contributed by atoms with Crippen molar-refractivity contribution in [2.75, 3.05) is 5.32 Å². The van der Waals surface area contributed by atoms with Crippen LogP contribution in [0.3, 0.4) is 0 Å². The number of hydrogen-bond acceptors (Lipinski definition) is 5. The van der Waals surface area contributed by atoms with E-state index in [9.17, 15) is 4.79 Å². The van der Waals surface area contributed by atoms with Crippen LogP contribution in [0.4, 0.5) is 5.95 Å². The van der Waals surface area contributed by atoms with Gasteiger partial charge in [0.2, 0.25) is 5.95 Å². The molecule has 0 unspecified atom stereocenters. The van der Waals surface area contributed by atoms with E-state index >= 15 is 0 Å². The molecule has 0 bridgehead atoms. The number of allylic oxidation sites excluding steroid dienone is 1. The van der Waals surface area contributed by atoms with Gasteiger partial charge in [-0.3, -0.25) is 4.79 Å². The zero-order chi connectivity index (χ0) is 12.9. The van der Waals surface area contributed by atoms with Crippen LogP contribution in [0.1, 0.15) is 20.8 Å². The van der Waals surface area contributed by atoms with E-state index in [4.69, 9.17) is 5.26 Å². The molecule has 1 N–H and O–H groups in total. The van der Waals surface area contributed by atoms with Gasteiger partial charge in [-0.05, 0) is 6.07 Å². The molecule has 0 aliphatic carbocycles. The number of Topliss-reactive ketones (excluding diaryl/α,β-unsaturated/α-hetero) is 1. The Kier molecular flexibility index (Phi) is 3.94. The lowest BCUT2D eigenvalue weighted by Gasteiger charge is -2.15. The van der Waals surface area contributed by atoms with Gasteiger partial charge in [-0.2, -0.15) is 5.26 Å². The molecule has 5 nitrogen and oxygen atoms in total. The highest BCUT2D eigenvalue weighted by atomic mass is 16.1. The standard InChI is InChI=1S/C12H14N4O/c1-12(2,3)10(17)9(7-13)8-16-11-14-5-4-6-15-11/h4-6,8H,1-3H3,(H,14,15,16). The van der Waals surface area contributed by atoms with Crippen LogP contribution in [0.25, 0.3) is 0 Å². The van der Waals surface area contributed by atoms with Crippen molar-refractivity contribution in [2.45, 2.75) is 20.8 Å². The molecule has 1 rings (SSSR count). The van der Waals surface area contributed by atoms with Crippen molar-refractivity contribution < 1.29 is 4.79 Å². The molecule has 0 aliphatic heterocycles. The van der Waals surface area contributed by atoms with Gasteiger partial charge in [0, 0.05) is 24.0 Å². The SMILES string of the molecule is CC(C)(C)C(=O)C(C#N)=CNc1ncccn1. The van der Waals surface area contributed by atoms with Crippen molar-refractivity contribution in [3.8, 4) is 6.07 Å². The molecule has 5 heteroatoms. The fourth-order valence-electron chi connectivity index (χ4n) is 1.06. The molecule has 0 saturated carbocycles. The van der Waals surface area contributed by atoms with E-state index in [1.54, 1.807) is 39.2 Å². The Morgan fingerprint density at radius 2 is 2.00 bits per heavy atom. The second-order valence-corrected chi connectivity index (χ2v) is 4.47. The van der Waals surface area contributed by atoms with Gasteiger partial charge in [0.15, 0.2) is 5.78 Å². The van der Waals surface area contributed by atoms with E-state index in [1.807, 2.05) is 6.07 Å². The largest absolute Gasteiger partial charge is 0.329 e. The van der Waals surface area contributed by atoms with Crippen LogP contribution < -0.4 is 5.32 Å². The number of anilines is 1. The number of aromatic nitrogens is 2. The number of nitrogens with one attached hydrogen (secondary N) is 1. The fourth-order valence-corrected chi connectivity index (χ4v) is 1.06. The predicted octanol–water partition coefficient (Wildman–Crippen LogP) is 1.91. The minimum atomic E-state index is -0.583. The van der Waals surface area contributed by atoms with Crippen molar-refractivity contribution in [2.24, 2.45) is 5.41 Å². The minimum absolute atomic E-state index is 0.0601. The topological polar surface area (TPSA) is 78.7 Å². The Labute approximate surface area is 100 Å². The van der Waals surface area contributed by atoms with Crippen molar-refractivity contribution in [3.63, 3.8) is 0 Å². The van der Waals surface area contributed by atoms with E-state index in [2.05, 4.69) is 15.3 Å². The third-order valence-corrected chi connectivity index (χ3v) is 1.96. The number of nitriles is 1. The van der Waals surface area contributed by atoms with Crippen LogP contribution >= 0.6 is 0 Å². The molecule has 88 valence electrons. The normalized spacial score (nSPS) is 11.8. The van der Waals surface area contributed by atoms with Crippen LogP contribution in [0.5, 0.6) is 0 Å². The first-order chi connectivity index (χ1) is 7.95. The summed E-state index contributed by atoms with van der Waals surface area (Å²) in [6.07, 6.45) is 4.48. The summed E-state index contributed by atoms with van der Waals surface area (Å²) in [5.41, 5.74) is -0.522. The first kappa shape index (κ1) is 12.8. The van der Waals surface area contributed by atoms with Gasteiger partial charge < -0.3 is 5.32 Å². The first-order valence-electron chi connectivity index (χ1n) is 5.14. The molecule has 0 radical (unpaired) electrons. The molecule has 0 aromatic carbocycles. The number of ketones is 1. The zero-order valence-corrected chi connectivity index (χ0v) is 10.1. The Morgan fingerprint density at radius 1 is 1.41 bits per heavy atom. The van der Waals surface area contributed by atoms with Gasteiger partial charge >= 0.3 is 0 Å². The Morgan fingerprint density at radius 3 is 2.47 bits per heavy atom. The maximum absolute atomic E-state index is 11.8. The summed E-state index contributed by atoms with van der Waals surface area (Å²) < 4.78 is 0. The molecule has 1 aromatic heterocycles. The predicted molar refractivity (Wildman–Crippen MR) is 63.8 cm³/mol. The maximum atomic E-state index is 11.8. The molecule has 0 saturated heterocycles. The van der Waals surface area contributed by atoms with E-state index < -0.39 is 5.41 Å². The van der Waals surface area contributed by atoms with Gasteiger partial charge in [0.05, 0.1) is 0 Å². The second kappa shape index (κ2) is 5.21. The third-order valence-electron chi connectivity index (χ3n) is 1.96. The van der Waals surface area contributed by atoms with Crippen LogP contribution in [0.15, 0.2) is 30.2 Å². The zero-order valence-electron chi connectivity index (χ0n) is 10.1. The summed E-state index contributed by atoms with van der Waals surface area (Å²) >= 11 is 0. The Hall–Kier alpha value is -2.22. The summed E-state index contributed by atoms with van der Waals surface area (Å²) in [6.45, 7) is 5.29. The molecule has 1 aromatic rings. The van der Waals surface area contributed by atoms with E-state index in [0.29, 0.717) is 5.95 Å². The number of carbonyl (C=O) groups excluding carboxylic acids is 1. The number of rotatable bonds is 3. The summed E-state index contributed by atoms with van der Waals surface area (Å²) in [6, 6.07) is 3.55. The minimum Gasteiger partial charge on any atom is -0.329 e. The Balaban J connectivity index is 2.84. The van der Waals surface area contributed by atoms with E-state index in [0.717, 1.165) is 0 Å². The average molecular weight is 230 g/mol. The number of hydrogen-bond donors (Lipinski definition) is 1. The first-order valence-corrected chi connectivity index (χ1v) is 5.14.